The SMILES string of the molecule is CC[n+]1cc(/N=C(/[O-])CSc2nnc(-c3ccccc3)c(-c3ccccc3)n2)on1. The van der Waals surface area contributed by atoms with Gasteiger partial charge in [0.2, 0.25) is 10.4 Å². The second-order valence-corrected chi connectivity index (χ2v) is 7.16. The first-order valence-electron chi connectivity index (χ1n) is 9.32. The summed E-state index contributed by atoms with van der Waals surface area (Å²) in [6, 6.07) is 19.5. The van der Waals surface area contributed by atoms with Gasteiger partial charge in [0.15, 0.2) is 6.54 Å². The highest BCUT2D eigenvalue weighted by Gasteiger charge is 2.14. The lowest BCUT2D eigenvalue weighted by atomic mass is 10.0. The molecule has 0 amide bonds. The van der Waals surface area contributed by atoms with Crippen LogP contribution in [0, 0.1) is 0 Å². The molecule has 0 aliphatic rings. The average Bonchev–Trinajstić information content (AvgIpc) is 3.26. The Balaban J connectivity index is 1.58. The van der Waals surface area contributed by atoms with Crippen LogP contribution in [0.15, 0.2) is 81.5 Å². The number of thioether (sulfide) groups is 1. The van der Waals surface area contributed by atoms with Gasteiger partial charge in [0, 0.05) is 16.9 Å². The van der Waals surface area contributed by atoms with E-state index in [4.69, 9.17) is 4.52 Å². The second-order valence-electron chi connectivity index (χ2n) is 6.21. The number of hydrogen-bond acceptors (Lipinski definition) is 8. The first-order chi connectivity index (χ1) is 14.7. The number of aryl methyl sites for hydroxylation is 1. The predicted molar refractivity (Wildman–Crippen MR) is 111 cm³/mol. The number of aromatic nitrogens is 5. The van der Waals surface area contributed by atoms with Gasteiger partial charge in [-0.2, -0.15) is 0 Å². The molecule has 150 valence electrons. The molecule has 0 atom stereocenters. The quantitative estimate of drug-likeness (QED) is 0.197. The van der Waals surface area contributed by atoms with Crippen molar-refractivity contribution in [1.82, 2.24) is 20.5 Å². The molecule has 4 rings (SSSR count). The summed E-state index contributed by atoms with van der Waals surface area (Å²) >= 11 is 1.18. The topological polar surface area (TPSA) is 104 Å². The van der Waals surface area contributed by atoms with E-state index in [1.807, 2.05) is 67.6 Å². The summed E-state index contributed by atoms with van der Waals surface area (Å²) in [6.45, 7) is 2.55. The molecule has 0 aliphatic carbocycles. The van der Waals surface area contributed by atoms with Gasteiger partial charge in [-0.15, -0.1) is 10.2 Å². The molecule has 4 aromatic rings. The third-order valence-corrected chi connectivity index (χ3v) is 4.97. The first-order valence-corrected chi connectivity index (χ1v) is 10.3. The van der Waals surface area contributed by atoms with E-state index >= 15 is 0 Å². The lowest BCUT2D eigenvalue weighted by Crippen LogP contribution is -2.32. The van der Waals surface area contributed by atoms with Gasteiger partial charge in [-0.25, -0.2) is 9.98 Å². The van der Waals surface area contributed by atoms with Gasteiger partial charge in [-0.05, 0) is 12.8 Å². The minimum Gasteiger partial charge on any atom is -0.861 e. The zero-order valence-electron chi connectivity index (χ0n) is 16.2. The molecule has 0 saturated heterocycles. The van der Waals surface area contributed by atoms with Crippen molar-refractivity contribution >= 4 is 23.5 Å². The highest BCUT2D eigenvalue weighted by atomic mass is 32.2. The van der Waals surface area contributed by atoms with Crippen molar-refractivity contribution in [3.05, 3.63) is 66.9 Å². The monoisotopic (exact) mass is 418 g/mol. The fraction of sp³-hybridized carbons (Fsp3) is 0.143. The van der Waals surface area contributed by atoms with E-state index < -0.39 is 0 Å². The van der Waals surface area contributed by atoms with Crippen LogP contribution in [0.1, 0.15) is 6.92 Å². The van der Waals surface area contributed by atoms with E-state index in [2.05, 4.69) is 25.4 Å². The molecule has 0 bridgehead atoms. The molecule has 0 N–H and O–H groups in total. The Labute approximate surface area is 177 Å². The Morgan fingerprint density at radius 1 is 1.00 bits per heavy atom. The summed E-state index contributed by atoms with van der Waals surface area (Å²) in [5.41, 5.74) is 3.25. The fourth-order valence-electron chi connectivity index (χ4n) is 2.71. The zero-order valence-corrected chi connectivity index (χ0v) is 17.0. The average molecular weight is 418 g/mol. The molecule has 30 heavy (non-hydrogen) atoms. The Kier molecular flexibility index (Phi) is 6.09. The Hall–Kier alpha value is -3.59. The molecule has 0 radical (unpaired) electrons. The summed E-state index contributed by atoms with van der Waals surface area (Å²) in [5, 5.41) is 24.9. The van der Waals surface area contributed by atoms with Crippen LogP contribution in [0.3, 0.4) is 0 Å². The van der Waals surface area contributed by atoms with Crippen LogP contribution in [0.25, 0.3) is 22.5 Å². The molecule has 0 unspecified atom stereocenters. The molecule has 2 aromatic carbocycles. The molecule has 0 saturated carbocycles. The minimum atomic E-state index is -0.364. The van der Waals surface area contributed by atoms with Crippen LogP contribution in [0.2, 0.25) is 0 Å². The van der Waals surface area contributed by atoms with Crippen LogP contribution in [-0.2, 0) is 6.54 Å². The van der Waals surface area contributed by atoms with Crippen molar-refractivity contribution < 1.29 is 14.3 Å². The lowest BCUT2D eigenvalue weighted by molar-refractivity contribution is -0.759. The molecule has 0 fully saturated rings. The minimum absolute atomic E-state index is 0.0629. The van der Waals surface area contributed by atoms with Gasteiger partial charge in [0.1, 0.15) is 11.4 Å². The Morgan fingerprint density at radius 3 is 2.30 bits per heavy atom. The summed E-state index contributed by atoms with van der Waals surface area (Å²) in [6.07, 6.45) is 1.57. The molecule has 2 heterocycles. The van der Waals surface area contributed by atoms with Gasteiger partial charge in [0.05, 0.1) is 0 Å². The van der Waals surface area contributed by atoms with E-state index in [0.29, 0.717) is 23.1 Å². The second kappa shape index (κ2) is 9.27. The van der Waals surface area contributed by atoms with Crippen molar-refractivity contribution in [3.63, 3.8) is 0 Å². The van der Waals surface area contributed by atoms with Crippen molar-refractivity contribution in [3.8, 4) is 22.5 Å². The molecule has 8 nitrogen and oxygen atoms in total. The maximum Gasteiger partial charge on any atom is 0.320 e. The van der Waals surface area contributed by atoms with Gasteiger partial charge in [-0.1, -0.05) is 77.1 Å². The fourth-order valence-corrected chi connectivity index (χ4v) is 3.28. The summed E-state index contributed by atoms with van der Waals surface area (Å²) in [4.78, 5) is 8.57. The summed E-state index contributed by atoms with van der Waals surface area (Å²) in [5.74, 6) is -0.129. The number of aliphatic imine (C=N–C) groups is 1. The molecule has 9 heteroatoms. The van der Waals surface area contributed by atoms with Gasteiger partial charge in [0.25, 0.3) is 6.20 Å². The standard InChI is InChI=1S/C21H18N6O2S/c1-2-27-13-18(29-26-27)22-17(28)14-30-21-23-19(15-9-5-3-6-10-15)20(24-25-21)16-11-7-4-8-12-16/h3-13H,2,14H2,1H3. The van der Waals surface area contributed by atoms with Crippen LogP contribution in [-0.4, -0.2) is 32.1 Å². The van der Waals surface area contributed by atoms with Crippen LogP contribution in [0.4, 0.5) is 5.88 Å². The Bertz CT molecular complexity index is 1150. The van der Waals surface area contributed by atoms with E-state index in [0.717, 1.165) is 11.1 Å². The Morgan fingerprint density at radius 2 is 1.67 bits per heavy atom. The van der Waals surface area contributed by atoms with Crippen molar-refractivity contribution in [1.29, 1.82) is 0 Å². The number of benzene rings is 2. The molecule has 0 spiro atoms. The molecule has 2 aromatic heterocycles. The van der Waals surface area contributed by atoms with Gasteiger partial charge >= 0.3 is 5.88 Å². The highest BCUT2D eigenvalue weighted by Crippen LogP contribution is 2.29. The number of nitrogens with zero attached hydrogens (tertiary/aromatic N) is 6. The third kappa shape index (κ3) is 4.69. The molecular formula is C21H18N6O2S. The lowest BCUT2D eigenvalue weighted by Gasteiger charge is -2.11. The van der Waals surface area contributed by atoms with Crippen molar-refractivity contribution in [2.24, 2.45) is 4.99 Å². The van der Waals surface area contributed by atoms with Crippen LogP contribution in [0.5, 0.6) is 0 Å². The van der Waals surface area contributed by atoms with E-state index in [-0.39, 0.29) is 17.5 Å². The predicted octanol–water partition coefficient (Wildman–Crippen LogP) is 2.68. The molecule has 0 aliphatic heterocycles. The highest BCUT2D eigenvalue weighted by molar-refractivity contribution is 7.99. The van der Waals surface area contributed by atoms with Crippen LogP contribution >= 0.6 is 11.8 Å². The largest absolute Gasteiger partial charge is 0.861 e. The number of rotatable bonds is 7. The van der Waals surface area contributed by atoms with E-state index in [1.54, 1.807) is 10.9 Å². The summed E-state index contributed by atoms with van der Waals surface area (Å²) in [7, 11) is 0. The zero-order chi connectivity index (χ0) is 20.8. The van der Waals surface area contributed by atoms with Crippen molar-refractivity contribution in [2.75, 3.05) is 5.75 Å². The smallest absolute Gasteiger partial charge is 0.320 e. The molecular weight excluding hydrogens is 400 g/mol. The van der Waals surface area contributed by atoms with E-state index in [9.17, 15) is 5.11 Å². The van der Waals surface area contributed by atoms with Gasteiger partial charge < -0.3 is 5.11 Å². The van der Waals surface area contributed by atoms with Crippen molar-refractivity contribution in [2.45, 2.75) is 18.6 Å². The maximum absolute atomic E-state index is 12.2. The van der Waals surface area contributed by atoms with E-state index in [1.165, 1.54) is 11.8 Å². The van der Waals surface area contributed by atoms with Gasteiger partial charge in [-0.3, -0.25) is 4.52 Å². The third-order valence-electron chi connectivity index (χ3n) is 4.14. The normalized spacial score (nSPS) is 11.6. The van der Waals surface area contributed by atoms with Crippen LogP contribution < -0.4 is 9.79 Å². The maximum atomic E-state index is 12.2. The first kappa shape index (κ1) is 19.7. The number of hydrogen-bond donors (Lipinski definition) is 0. The summed E-state index contributed by atoms with van der Waals surface area (Å²) < 4.78 is 6.55.